The molecule has 23 heavy (non-hydrogen) atoms. The average Bonchev–Trinajstić information content (AvgIpc) is 3.09. The molecule has 1 fully saturated rings. The van der Waals surface area contributed by atoms with Crippen molar-refractivity contribution in [3.05, 3.63) is 54.0 Å². The molecule has 2 heterocycles. The molecule has 1 atom stereocenters. The van der Waals surface area contributed by atoms with E-state index < -0.39 is 0 Å². The van der Waals surface area contributed by atoms with Crippen LogP contribution in [0.2, 0.25) is 0 Å². The van der Waals surface area contributed by atoms with Crippen molar-refractivity contribution >= 4 is 17.5 Å². The van der Waals surface area contributed by atoms with Crippen molar-refractivity contribution in [2.45, 2.75) is 19.8 Å². The van der Waals surface area contributed by atoms with Gasteiger partial charge in [-0.1, -0.05) is 19.1 Å². The van der Waals surface area contributed by atoms with E-state index in [0.29, 0.717) is 17.2 Å². The zero-order valence-electron chi connectivity index (χ0n) is 13.1. The van der Waals surface area contributed by atoms with Gasteiger partial charge in [0.1, 0.15) is 0 Å². The quantitative estimate of drug-likeness (QED) is 0.944. The van der Waals surface area contributed by atoms with Crippen LogP contribution in [0.25, 0.3) is 0 Å². The largest absolute Gasteiger partial charge is 0.459 e. The van der Waals surface area contributed by atoms with E-state index in [-0.39, 0.29) is 17.6 Å². The second-order valence-corrected chi connectivity index (χ2v) is 5.98. The Morgan fingerprint density at radius 3 is 2.78 bits per heavy atom. The van der Waals surface area contributed by atoms with Crippen LogP contribution in [0.15, 0.2) is 47.1 Å². The van der Waals surface area contributed by atoms with Crippen LogP contribution in [0.3, 0.4) is 0 Å². The van der Waals surface area contributed by atoms with Gasteiger partial charge in [-0.05, 0) is 43.0 Å². The lowest BCUT2D eigenvalue weighted by atomic mass is 9.99. The molecule has 5 nitrogen and oxygen atoms in total. The Morgan fingerprint density at radius 1 is 1.22 bits per heavy atom. The number of benzene rings is 1. The first-order valence-corrected chi connectivity index (χ1v) is 7.88. The Labute approximate surface area is 135 Å². The molecule has 1 saturated heterocycles. The number of furan rings is 1. The number of nitrogens with zero attached hydrogens (tertiary/aromatic N) is 1. The smallest absolute Gasteiger partial charge is 0.291 e. The van der Waals surface area contributed by atoms with E-state index in [2.05, 4.69) is 12.2 Å². The number of rotatable bonds is 3. The molecule has 0 radical (unpaired) electrons. The second kappa shape index (κ2) is 6.69. The minimum absolute atomic E-state index is 0.0353. The maximum Gasteiger partial charge on any atom is 0.291 e. The SMILES string of the molecule is C[C@@H]1CCCN(C(=O)c2ccccc2NC(=O)c2ccco2)C1. The van der Waals surface area contributed by atoms with Gasteiger partial charge in [0.2, 0.25) is 0 Å². The van der Waals surface area contributed by atoms with E-state index in [1.807, 2.05) is 11.0 Å². The fourth-order valence-corrected chi connectivity index (χ4v) is 2.91. The third-order valence-electron chi connectivity index (χ3n) is 4.09. The Balaban J connectivity index is 1.80. The number of carbonyl (C=O) groups excluding carboxylic acids is 2. The van der Waals surface area contributed by atoms with E-state index in [4.69, 9.17) is 4.42 Å². The molecular weight excluding hydrogens is 292 g/mol. The monoisotopic (exact) mass is 312 g/mol. The molecular formula is C18H20N2O3. The van der Waals surface area contributed by atoms with Gasteiger partial charge in [0, 0.05) is 13.1 Å². The van der Waals surface area contributed by atoms with Crippen LogP contribution in [-0.4, -0.2) is 29.8 Å². The molecule has 0 spiro atoms. The standard InChI is InChI=1S/C18H20N2O3/c1-13-6-4-10-20(12-13)18(22)14-7-2-3-8-15(14)19-17(21)16-9-5-11-23-16/h2-3,5,7-9,11,13H,4,6,10,12H2,1H3,(H,19,21)/t13-/m1/s1. The lowest BCUT2D eigenvalue weighted by molar-refractivity contribution is 0.0684. The van der Waals surface area contributed by atoms with Crippen molar-refractivity contribution in [3.63, 3.8) is 0 Å². The lowest BCUT2D eigenvalue weighted by Crippen LogP contribution is -2.39. The van der Waals surface area contributed by atoms with Gasteiger partial charge in [0.25, 0.3) is 11.8 Å². The fraction of sp³-hybridized carbons (Fsp3) is 0.333. The first-order valence-electron chi connectivity index (χ1n) is 7.88. The van der Waals surface area contributed by atoms with Crippen LogP contribution in [-0.2, 0) is 0 Å². The van der Waals surface area contributed by atoms with Gasteiger partial charge >= 0.3 is 0 Å². The highest BCUT2D eigenvalue weighted by molar-refractivity contribution is 6.07. The summed E-state index contributed by atoms with van der Waals surface area (Å²) in [5.74, 6) is 0.338. The summed E-state index contributed by atoms with van der Waals surface area (Å²) in [6.45, 7) is 3.69. The first kappa shape index (κ1) is 15.3. The molecule has 1 N–H and O–H groups in total. The van der Waals surface area contributed by atoms with Crippen molar-refractivity contribution in [1.29, 1.82) is 0 Å². The summed E-state index contributed by atoms with van der Waals surface area (Å²) in [6.07, 6.45) is 3.62. The van der Waals surface area contributed by atoms with Crippen molar-refractivity contribution in [2.24, 2.45) is 5.92 Å². The van der Waals surface area contributed by atoms with Crippen LogP contribution in [0.5, 0.6) is 0 Å². The number of anilines is 1. The minimum Gasteiger partial charge on any atom is -0.459 e. The second-order valence-electron chi connectivity index (χ2n) is 5.98. The van der Waals surface area contributed by atoms with Gasteiger partial charge in [-0.15, -0.1) is 0 Å². The van der Waals surface area contributed by atoms with E-state index >= 15 is 0 Å². The van der Waals surface area contributed by atoms with E-state index in [1.165, 1.54) is 6.26 Å². The first-order chi connectivity index (χ1) is 11.1. The average molecular weight is 312 g/mol. The Bertz CT molecular complexity index is 694. The third-order valence-corrected chi connectivity index (χ3v) is 4.09. The Hall–Kier alpha value is -2.56. The number of hydrogen-bond donors (Lipinski definition) is 1. The van der Waals surface area contributed by atoms with Crippen LogP contribution in [0.1, 0.15) is 40.7 Å². The molecule has 1 aromatic heterocycles. The zero-order valence-corrected chi connectivity index (χ0v) is 13.1. The molecule has 5 heteroatoms. The van der Waals surface area contributed by atoms with Crippen molar-refractivity contribution in [3.8, 4) is 0 Å². The predicted octanol–water partition coefficient (Wildman–Crippen LogP) is 3.40. The van der Waals surface area contributed by atoms with Crippen molar-refractivity contribution < 1.29 is 14.0 Å². The summed E-state index contributed by atoms with van der Waals surface area (Å²) in [5, 5.41) is 2.76. The van der Waals surface area contributed by atoms with Crippen LogP contribution < -0.4 is 5.32 Å². The van der Waals surface area contributed by atoms with Gasteiger partial charge in [-0.3, -0.25) is 9.59 Å². The molecule has 2 amide bonds. The highest BCUT2D eigenvalue weighted by Crippen LogP contribution is 2.22. The van der Waals surface area contributed by atoms with Gasteiger partial charge < -0.3 is 14.6 Å². The molecule has 3 rings (SSSR count). The van der Waals surface area contributed by atoms with E-state index in [1.54, 1.807) is 30.3 Å². The summed E-state index contributed by atoms with van der Waals surface area (Å²) in [4.78, 5) is 26.8. The Kier molecular flexibility index (Phi) is 4.46. The normalized spacial score (nSPS) is 17.8. The number of para-hydroxylation sites is 1. The molecule has 120 valence electrons. The summed E-state index contributed by atoms with van der Waals surface area (Å²) in [7, 11) is 0. The third kappa shape index (κ3) is 3.44. The number of amides is 2. The highest BCUT2D eigenvalue weighted by Gasteiger charge is 2.24. The molecule has 0 saturated carbocycles. The van der Waals surface area contributed by atoms with Crippen molar-refractivity contribution in [1.82, 2.24) is 4.90 Å². The Morgan fingerprint density at radius 2 is 2.04 bits per heavy atom. The van der Waals surface area contributed by atoms with Crippen LogP contribution >= 0.6 is 0 Å². The maximum atomic E-state index is 12.8. The minimum atomic E-state index is -0.359. The van der Waals surface area contributed by atoms with E-state index in [0.717, 1.165) is 25.9 Å². The summed E-state index contributed by atoms with van der Waals surface area (Å²) >= 11 is 0. The van der Waals surface area contributed by atoms with Gasteiger partial charge in [0.05, 0.1) is 17.5 Å². The van der Waals surface area contributed by atoms with E-state index in [9.17, 15) is 9.59 Å². The molecule has 1 aromatic carbocycles. The summed E-state index contributed by atoms with van der Waals surface area (Å²) in [5.41, 5.74) is 1.03. The van der Waals surface area contributed by atoms with Crippen LogP contribution in [0.4, 0.5) is 5.69 Å². The zero-order chi connectivity index (χ0) is 16.2. The molecule has 1 aliphatic heterocycles. The number of nitrogens with one attached hydrogen (secondary N) is 1. The van der Waals surface area contributed by atoms with Crippen LogP contribution in [0, 0.1) is 5.92 Å². The van der Waals surface area contributed by atoms with Gasteiger partial charge in [0.15, 0.2) is 5.76 Å². The highest BCUT2D eigenvalue weighted by atomic mass is 16.3. The maximum absolute atomic E-state index is 12.8. The molecule has 1 aliphatic rings. The van der Waals surface area contributed by atoms with Gasteiger partial charge in [-0.25, -0.2) is 0 Å². The lowest BCUT2D eigenvalue weighted by Gasteiger charge is -2.31. The number of likely N-dealkylation sites (tertiary alicyclic amines) is 1. The number of carbonyl (C=O) groups is 2. The topological polar surface area (TPSA) is 62.6 Å². The summed E-state index contributed by atoms with van der Waals surface area (Å²) < 4.78 is 5.09. The number of piperidine rings is 1. The molecule has 0 bridgehead atoms. The summed E-state index contributed by atoms with van der Waals surface area (Å²) in [6, 6.07) is 10.3. The molecule has 2 aromatic rings. The van der Waals surface area contributed by atoms with Gasteiger partial charge in [-0.2, -0.15) is 0 Å². The fourth-order valence-electron chi connectivity index (χ4n) is 2.91. The van der Waals surface area contributed by atoms with Crippen molar-refractivity contribution in [2.75, 3.05) is 18.4 Å². The number of hydrogen-bond acceptors (Lipinski definition) is 3. The predicted molar refractivity (Wildman–Crippen MR) is 87.4 cm³/mol. The molecule has 0 aliphatic carbocycles. The molecule has 0 unspecified atom stereocenters.